The van der Waals surface area contributed by atoms with E-state index in [-0.39, 0.29) is 11.8 Å². The summed E-state index contributed by atoms with van der Waals surface area (Å²) in [7, 11) is -3.05. The fraction of sp³-hybridized carbons (Fsp3) is 0.615. The Morgan fingerprint density at radius 1 is 1.37 bits per heavy atom. The van der Waals surface area contributed by atoms with Crippen molar-refractivity contribution in [3.63, 3.8) is 0 Å². The maximum absolute atomic E-state index is 11.5. The van der Waals surface area contributed by atoms with Crippen LogP contribution in [0.3, 0.4) is 0 Å². The van der Waals surface area contributed by atoms with E-state index in [2.05, 4.69) is 10.3 Å². The maximum atomic E-state index is 11.5. The Labute approximate surface area is 115 Å². The van der Waals surface area contributed by atoms with Gasteiger partial charge in [-0.3, -0.25) is 4.98 Å². The van der Waals surface area contributed by atoms with Crippen LogP contribution in [0.1, 0.15) is 31.9 Å². The summed E-state index contributed by atoms with van der Waals surface area (Å²) in [6.45, 7) is 5.30. The molecule has 1 N–H and O–H groups in total. The van der Waals surface area contributed by atoms with E-state index < -0.39 is 9.84 Å². The second-order valence-corrected chi connectivity index (χ2v) is 6.69. The first-order valence-corrected chi connectivity index (χ1v) is 8.51. The predicted octanol–water partition coefficient (Wildman–Crippen LogP) is 1.57. The zero-order chi connectivity index (χ0) is 14.3. The molecule has 0 aliphatic rings. The molecule has 0 saturated heterocycles. The number of pyridine rings is 1. The number of hydrogen-bond acceptors (Lipinski definition) is 5. The van der Waals surface area contributed by atoms with Crippen LogP contribution in [-0.2, 0) is 9.84 Å². The van der Waals surface area contributed by atoms with Crippen LogP contribution < -0.4 is 10.1 Å². The van der Waals surface area contributed by atoms with Crippen molar-refractivity contribution < 1.29 is 13.2 Å². The lowest BCUT2D eigenvalue weighted by molar-refractivity contribution is 0.315. The number of nitrogens with zero attached hydrogens (tertiary/aromatic N) is 1. The minimum absolute atomic E-state index is 0.0553. The molecule has 1 aromatic heterocycles. The quantitative estimate of drug-likeness (QED) is 0.785. The van der Waals surface area contributed by atoms with Gasteiger partial charge in [0.15, 0.2) is 0 Å². The Kier molecular flexibility index (Phi) is 6.24. The monoisotopic (exact) mass is 286 g/mol. The van der Waals surface area contributed by atoms with Gasteiger partial charge in [0, 0.05) is 18.5 Å². The van der Waals surface area contributed by atoms with E-state index in [4.69, 9.17) is 4.74 Å². The summed E-state index contributed by atoms with van der Waals surface area (Å²) < 4.78 is 28.4. The van der Waals surface area contributed by atoms with Crippen LogP contribution >= 0.6 is 0 Å². The van der Waals surface area contributed by atoms with Gasteiger partial charge < -0.3 is 10.1 Å². The summed E-state index contributed by atoms with van der Waals surface area (Å²) in [5.41, 5.74) is 0.834. The molecule has 0 amide bonds. The van der Waals surface area contributed by atoms with Gasteiger partial charge in [0.1, 0.15) is 15.6 Å². The molecule has 0 bridgehead atoms. The van der Waals surface area contributed by atoms with Crippen molar-refractivity contribution >= 4 is 9.84 Å². The highest BCUT2D eigenvalue weighted by Crippen LogP contribution is 2.19. The Bertz CT molecular complexity index is 488. The minimum Gasteiger partial charge on any atom is -0.492 e. The Hall–Kier alpha value is -1.14. The molecule has 0 saturated carbocycles. The van der Waals surface area contributed by atoms with Crippen molar-refractivity contribution in [2.45, 2.75) is 26.3 Å². The van der Waals surface area contributed by atoms with E-state index in [9.17, 15) is 8.42 Å². The molecule has 19 heavy (non-hydrogen) atoms. The normalized spacial score (nSPS) is 13.2. The van der Waals surface area contributed by atoms with Crippen molar-refractivity contribution in [3.05, 3.63) is 24.0 Å². The van der Waals surface area contributed by atoms with Gasteiger partial charge in [-0.05, 0) is 24.6 Å². The topological polar surface area (TPSA) is 68.3 Å². The van der Waals surface area contributed by atoms with Crippen molar-refractivity contribution in [3.8, 4) is 5.75 Å². The predicted molar refractivity (Wildman–Crippen MR) is 76.2 cm³/mol. The Morgan fingerprint density at radius 3 is 2.68 bits per heavy atom. The van der Waals surface area contributed by atoms with Gasteiger partial charge in [-0.2, -0.15) is 0 Å². The molecular weight excluding hydrogens is 264 g/mol. The molecule has 1 unspecified atom stereocenters. The second-order valence-electron chi connectivity index (χ2n) is 4.51. The largest absolute Gasteiger partial charge is 0.492 e. The van der Waals surface area contributed by atoms with Gasteiger partial charge in [0.2, 0.25) is 0 Å². The number of rotatable bonds is 8. The fourth-order valence-electron chi connectivity index (χ4n) is 1.75. The van der Waals surface area contributed by atoms with Gasteiger partial charge in [0.05, 0.1) is 18.6 Å². The van der Waals surface area contributed by atoms with Crippen LogP contribution in [-0.4, -0.2) is 38.6 Å². The molecule has 0 aromatic carbocycles. The molecule has 6 heteroatoms. The molecule has 1 heterocycles. The van der Waals surface area contributed by atoms with E-state index in [0.29, 0.717) is 18.9 Å². The van der Waals surface area contributed by atoms with Crippen molar-refractivity contribution in [2.75, 3.05) is 25.2 Å². The van der Waals surface area contributed by atoms with Gasteiger partial charge in [-0.1, -0.05) is 13.8 Å². The molecule has 0 aliphatic carbocycles. The zero-order valence-corrected chi connectivity index (χ0v) is 12.5. The number of aromatic nitrogens is 1. The summed E-state index contributed by atoms with van der Waals surface area (Å²) in [6.07, 6.45) is 5.48. The number of sulfone groups is 1. The highest BCUT2D eigenvalue weighted by atomic mass is 32.2. The SMILES string of the molecule is CCCOc1cncc(C(CS(C)(=O)=O)NCC)c1. The summed E-state index contributed by atoms with van der Waals surface area (Å²) >= 11 is 0. The van der Waals surface area contributed by atoms with E-state index in [1.165, 1.54) is 6.26 Å². The van der Waals surface area contributed by atoms with Crippen LogP contribution in [0.4, 0.5) is 0 Å². The molecular formula is C13H22N2O3S. The molecule has 1 aromatic rings. The molecule has 0 radical (unpaired) electrons. The van der Waals surface area contributed by atoms with E-state index in [1.54, 1.807) is 12.4 Å². The highest BCUT2D eigenvalue weighted by molar-refractivity contribution is 7.90. The minimum atomic E-state index is -3.05. The van der Waals surface area contributed by atoms with E-state index in [1.807, 2.05) is 19.9 Å². The smallest absolute Gasteiger partial charge is 0.149 e. The molecule has 108 valence electrons. The third-order valence-electron chi connectivity index (χ3n) is 2.53. The van der Waals surface area contributed by atoms with E-state index >= 15 is 0 Å². The number of hydrogen-bond donors (Lipinski definition) is 1. The van der Waals surface area contributed by atoms with Gasteiger partial charge in [-0.25, -0.2) is 8.42 Å². The van der Waals surface area contributed by atoms with Crippen LogP contribution in [0.25, 0.3) is 0 Å². The standard InChI is InChI=1S/C13H22N2O3S/c1-4-6-18-12-7-11(8-14-9-12)13(15-5-2)10-19(3,16)17/h7-9,13,15H,4-6,10H2,1-3H3. The lowest BCUT2D eigenvalue weighted by Gasteiger charge is -2.17. The lowest BCUT2D eigenvalue weighted by Crippen LogP contribution is -2.27. The first-order chi connectivity index (χ1) is 8.96. The highest BCUT2D eigenvalue weighted by Gasteiger charge is 2.17. The first-order valence-electron chi connectivity index (χ1n) is 6.45. The van der Waals surface area contributed by atoms with Gasteiger partial charge >= 0.3 is 0 Å². The van der Waals surface area contributed by atoms with Crippen LogP contribution in [0.5, 0.6) is 5.75 Å². The van der Waals surface area contributed by atoms with Crippen molar-refractivity contribution in [2.24, 2.45) is 0 Å². The lowest BCUT2D eigenvalue weighted by atomic mass is 10.1. The number of ether oxygens (including phenoxy) is 1. The molecule has 0 aliphatic heterocycles. The van der Waals surface area contributed by atoms with Crippen molar-refractivity contribution in [1.29, 1.82) is 0 Å². The summed E-state index contributed by atoms with van der Waals surface area (Å²) in [4.78, 5) is 4.11. The maximum Gasteiger partial charge on any atom is 0.149 e. The molecule has 5 nitrogen and oxygen atoms in total. The average Bonchev–Trinajstić information content (AvgIpc) is 2.35. The summed E-state index contributed by atoms with van der Waals surface area (Å²) in [5, 5.41) is 3.16. The Balaban J connectivity index is 2.89. The zero-order valence-electron chi connectivity index (χ0n) is 11.7. The molecule has 1 rings (SSSR count). The van der Waals surface area contributed by atoms with Gasteiger partial charge in [0.25, 0.3) is 0 Å². The van der Waals surface area contributed by atoms with E-state index in [0.717, 1.165) is 12.0 Å². The molecule has 0 spiro atoms. The fourth-order valence-corrected chi connectivity index (χ4v) is 2.66. The van der Waals surface area contributed by atoms with Crippen LogP contribution in [0, 0.1) is 0 Å². The number of nitrogens with one attached hydrogen (secondary N) is 1. The molecule has 0 fully saturated rings. The van der Waals surface area contributed by atoms with Crippen LogP contribution in [0.2, 0.25) is 0 Å². The molecule has 1 atom stereocenters. The summed E-state index contributed by atoms with van der Waals surface area (Å²) in [6, 6.07) is 1.60. The van der Waals surface area contributed by atoms with Crippen molar-refractivity contribution in [1.82, 2.24) is 10.3 Å². The third-order valence-corrected chi connectivity index (χ3v) is 3.47. The van der Waals surface area contributed by atoms with Crippen LogP contribution in [0.15, 0.2) is 18.5 Å². The second kappa shape index (κ2) is 7.45. The Morgan fingerprint density at radius 2 is 2.11 bits per heavy atom. The third kappa shape index (κ3) is 6.02. The summed E-state index contributed by atoms with van der Waals surface area (Å²) in [5.74, 6) is 0.732. The first kappa shape index (κ1) is 15.9. The van der Waals surface area contributed by atoms with Gasteiger partial charge in [-0.15, -0.1) is 0 Å². The average molecular weight is 286 g/mol.